The Kier molecular flexibility index (Phi) is 4.10. The molecule has 2 aromatic heterocycles. The summed E-state index contributed by atoms with van der Waals surface area (Å²) in [6.45, 7) is 4.98. The van der Waals surface area contributed by atoms with E-state index in [1.807, 2.05) is 18.2 Å². The molecular weight excluding hydrogens is 264 g/mol. The Balaban J connectivity index is 1.91. The molecule has 0 saturated heterocycles. The van der Waals surface area contributed by atoms with Gasteiger partial charge in [0.25, 0.3) is 5.56 Å². The van der Waals surface area contributed by atoms with Crippen LogP contribution in [0.4, 0.5) is 0 Å². The van der Waals surface area contributed by atoms with E-state index in [1.165, 1.54) is 12.8 Å². The monoisotopic (exact) mass is 284 g/mol. The van der Waals surface area contributed by atoms with Gasteiger partial charge in [0.1, 0.15) is 5.69 Å². The summed E-state index contributed by atoms with van der Waals surface area (Å²) in [5, 5.41) is 0. The maximum Gasteiger partial charge on any atom is 0.254 e. The Labute approximate surface area is 124 Å². The van der Waals surface area contributed by atoms with Gasteiger partial charge in [0.2, 0.25) is 0 Å². The van der Waals surface area contributed by atoms with Crippen LogP contribution in [0.2, 0.25) is 0 Å². The van der Waals surface area contributed by atoms with Crippen molar-refractivity contribution >= 4 is 0 Å². The molecule has 110 valence electrons. The molecule has 0 spiro atoms. The third kappa shape index (κ3) is 3.03. The Bertz CT molecular complexity index is 666. The van der Waals surface area contributed by atoms with Gasteiger partial charge in [-0.25, -0.2) is 4.98 Å². The predicted octanol–water partition coefficient (Wildman–Crippen LogP) is 1.99. The minimum absolute atomic E-state index is 0.0178. The molecule has 0 aromatic carbocycles. The fourth-order valence-corrected chi connectivity index (χ4v) is 2.69. The number of hydrogen-bond acceptors (Lipinski definition) is 4. The van der Waals surface area contributed by atoms with E-state index in [-0.39, 0.29) is 5.56 Å². The number of nitrogens with zero attached hydrogens (tertiary/aromatic N) is 3. The smallest absolute Gasteiger partial charge is 0.254 e. The number of nitrogens with one attached hydrogen (secondary N) is 1. The second kappa shape index (κ2) is 6.18. The quantitative estimate of drug-likeness (QED) is 0.932. The lowest BCUT2D eigenvalue weighted by Gasteiger charge is -2.27. The van der Waals surface area contributed by atoms with Crippen molar-refractivity contribution in [2.24, 2.45) is 0 Å². The molecule has 0 amide bonds. The van der Waals surface area contributed by atoms with Gasteiger partial charge in [0.15, 0.2) is 5.82 Å². The van der Waals surface area contributed by atoms with Gasteiger partial charge in [-0.05, 0) is 31.5 Å². The number of aromatic amines is 1. The predicted molar refractivity (Wildman–Crippen MR) is 82.0 cm³/mol. The van der Waals surface area contributed by atoms with Gasteiger partial charge in [0.05, 0.1) is 5.69 Å². The standard InChI is InChI=1S/C16H20N4O/c1-2-3-9-20-10-7-12-14(11-20)18-15(19-16(12)21)13-6-4-5-8-17-13/h4-6,8H,2-3,7,9-11H2,1H3,(H,18,19,21). The Hall–Kier alpha value is -2.01. The topological polar surface area (TPSA) is 61.9 Å². The second-order valence-electron chi connectivity index (χ2n) is 5.43. The van der Waals surface area contributed by atoms with Crippen molar-refractivity contribution in [3.05, 3.63) is 46.0 Å². The van der Waals surface area contributed by atoms with Gasteiger partial charge in [-0.15, -0.1) is 0 Å². The van der Waals surface area contributed by atoms with Crippen LogP contribution in [-0.4, -0.2) is 32.9 Å². The van der Waals surface area contributed by atoms with E-state index in [2.05, 4.69) is 26.8 Å². The highest BCUT2D eigenvalue weighted by Crippen LogP contribution is 2.17. The minimum Gasteiger partial charge on any atom is -0.305 e. The van der Waals surface area contributed by atoms with E-state index in [0.29, 0.717) is 11.5 Å². The molecule has 0 radical (unpaired) electrons. The van der Waals surface area contributed by atoms with Crippen molar-refractivity contribution in [3.8, 4) is 11.5 Å². The molecule has 2 aromatic rings. The molecule has 1 N–H and O–H groups in total. The SMILES string of the molecule is CCCCN1CCc2c(nc(-c3ccccn3)[nH]c2=O)C1. The Morgan fingerprint density at radius 3 is 3.05 bits per heavy atom. The maximum atomic E-state index is 12.2. The third-order valence-electron chi connectivity index (χ3n) is 3.89. The number of H-pyrrole nitrogens is 1. The van der Waals surface area contributed by atoms with Crippen LogP contribution in [0.3, 0.4) is 0 Å². The van der Waals surface area contributed by atoms with Crippen LogP contribution in [0, 0.1) is 0 Å². The zero-order valence-corrected chi connectivity index (χ0v) is 12.3. The van der Waals surface area contributed by atoms with Crippen molar-refractivity contribution in [1.29, 1.82) is 0 Å². The first kappa shape index (κ1) is 13.9. The molecular formula is C16H20N4O. The fourth-order valence-electron chi connectivity index (χ4n) is 2.69. The zero-order chi connectivity index (χ0) is 14.7. The highest BCUT2D eigenvalue weighted by molar-refractivity contribution is 5.49. The molecule has 0 fully saturated rings. The summed E-state index contributed by atoms with van der Waals surface area (Å²) in [6, 6.07) is 5.62. The molecule has 0 aliphatic carbocycles. The number of unbranched alkanes of at least 4 members (excludes halogenated alkanes) is 1. The number of pyridine rings is 1. The van der Waals surface area contributed by atoms with E-state index < -0.39 is 0 Å². The van der Waals surface area contributed by atoms with Crippen molar-refractivity contribution in [2.45, 2.75) is 32.7 Å². The summed E-state index contributed by atoms with van der Waals surface area (Å²) in [6.07, 6.45) is 4.86. The number of rotatable bonds is 4. The average molecular weight is 284 g/mol. The Morgan fingerprint density at radius 1 is 1.38 bits per heavy atom. The molecule has 0 saturated carbocycles. The van der Waals surface area contributed by atoms with E-state index in [1.54, 1.807) is 6.20 Å². The molecule has 3 rings (SSSR count). The van der Waals surface area contributed by atoms with Crippen LogP contribution in [-0.2, 0) is 13.0 Å². The highest BCUT2D eigenvalue weighted by atomic mass is 16.1. The molecule has 0 bridgehead atoms. The van der Waals surface area contributed by atoms with Crippen LogP contribution in [0.15, 0.2) is 29.2 Å². The summed E-state index contributed by atoms with van der Waals surface area (Å²) in [5.41, 5.74) is 2.43. The maximum absolute atomic E-state index is 12.2. The van der Waals surface area contributed by atoms with Crippen LogP contribution in [0.25, 0.3) is 11.5 Å². The van der Waals surface area contributed by atoms with E-state index in [4.69, 9.17) is 0 Å². The van der Waals surface area contributed by atoms with Crippen LogP contribution in [0.1, 0.15) is 31.0 Å². The van der Waals surface area contributed by atoms with Gasteiger partial charge in [0, 0.05) is 24.8 Å². The molecule has 1 aliphatic rings. The summed E-state index contributed by atoms with van der Waals surface area (Å²) >= 11 is 0. The average Bonchev–Trinajstić information content (AvgIpc) is 2.53. The summed E-state index contributed by atoms with van der Waals surface area (Å²) in [4.78, 5) is 26.4. The van der Waals surface area contributed by atoms with Crippen LogP contribution in [0.5, 0.6) is 0 Å². The summed E-state index contributed by atoms with van der Waals surface area (Å²) < 4.78 is 0. The van der Waals surface area contributed by atoms with Crippen molar-refractivity contribution in [1.82, 2.24) is 19.9 Å². The van der Waals surface area contributed by atoms with Crippen molar-refractivity contribution in [2.75, 3.05) is 13.1 Å². The van der Waals surface area contributed by atoms with Gasteiger partial charge in [-0.1, -0.05) is 19.4 Å². The van der Waals surface area contributed by atoms with Gasteiger partial charge >= 0.3 is 0 Å². The lowest BCUT2D eigenvalue weighted by molar-refractivity contribution is 0.245. The third-order valence-corrected chi connectivity index (χ3v) is 3.89. The molecule has 3 heterocycles. The minimum atomic E-state index is -0.0178. The van der Waals surface area contributed by atoms with Crippen molar-refractivity contribution < 1.29 is 0 Å². The zero-order valence-electron chi connectivity index (χ0n) is 12.3. The highest BCUT2D eigenvalue weighted by Gasteiger charge is 2.21. The number of fused-ring (bicyclic) bond motifs is 1. The van der Waals surface area contributed by atoms with Crippen LogP contribution < -0.4 is 5.56 Å². The first-order chi connectivity index (χ1) is 10.3. The van der Waals surface area contributed by atoms with Crippen molar-refractivity contribution in [3.63, 3.8) is 0 Å². The molecule has 1 aliphatic heterocycles. The molecule has 5 heteroatoms. The van der Waals surface area contributed by atoms with E-state index in [9.17, 15) is 4.79 Å². The van der Waals surface area contributed by atoms with E-state index >= 15 is 0 Å². The molecule has 0 unspecified atom stereocenters. The Morgan fingerprint density at radius 2 is 2.29 bits per heavy atom. The van der Waals surface area contributed by atoms with Crippen LogP contribution >= 0.6 is 0 Å². The number of hydrogen-bond donors (Lipinski definition) is 1. The molecule has 5 nitrogen and oxygen atoms in total. The van der Waals surface area contributed by atoms with Gasteiger partial charge in [-0.3, -0.25) is 14.7 Å². The summed E-state index contributed by atoms with van der Waals surface area (Å²) in [7, 11) is 0. The van der Waals surface area contributed by atoms with Gasteiger partial charge < -0.3 is 4.98 Å². The largest absolute Gasteiger partial charge is 0.305 e. The lowest BCUT2D eigenvalue weighted by atomic mass is 10.1. The van der Waals surface area contributed by atoms with E-state index in [0.717, 1.165) is 37.3 Å². The normalized spacial score (nSPS) is 14.9. The first-order valence-electron chi connectivity index (χ1n) is 7.53. The fraction of sp³-hybridized carbons (Fsp3) is 0.438. The molecule has 21 heavy (non-hydrogen) atoms. The molecule has 0 atom stereocenters. The number of aromatic nitrogens is 3. The lowest BCUT2D eigenvalue weighted by Crippen LogP contribution is -2.35. The second-order valence-corrected chi connectivity index (χ2v) is 5.43. The summed E-state index contributed by atoms with van der Waals surface area (Å²) in [5.74, 6) is 0.566. The van der Waals surface area contributed by atoms with Gasteiger partial charge in [-0.2, -0.15) is 0 Å². The first-order valence-corrected chi connectivity index (χ1v) is 7.53.